The standard InChI is InChI=1S/C14H15F2NO4/c15-9-5-7(8(14(20)21)6-10(9)16)13(19)17-11-3-1-2-4-12(11)18/h5-6,11-12,18H,1-4H2,(H,17,19)(H,20,21)/t11-,12-/m1/s1. The van der Waals surface area contributed by atoms with Gasteiger partial charge in [-0.25, -0.2) is 13.6 Å². The van der Waals surface area contributed by atoms with Crippen LogP contribution in [0.2, 0.25) is 0 Å². The molecule has 1 saturated carbocycles. The second kappa shape index (κ2) is 6.17. The molecule has 0 bridgehead atoms. The van der Waals surface area contributed by atoms with Gasteiger partial charge in [-0.3, -0.25) is 4.79 Å². The normalized spacial score (nSPS) is 21.9. The van der Waals surface area contributed by atoms with Gasteiger partial charge in [0.25, 0.3) is 5.91 Å². The fourth-order valence-electron chi connectivity index (χ4n) is 2.44. The van der Waals surface area contributed by atoms with Crippen molar-refractivity contribution in [1.29, 1.82) is 0 Å². The smallest absolute Gasteiger partial charge is 0.336 e. The molecule has 1 amide bonds. The van der Waals surface area contributed by atoms with Crippen LogP contribution >= 0.6 is 0 Å². The van der Waals surface area contributed by atoms with Crippen molar-refractivity contribution >= 4 is 11.9 Å². The molecule has 0 aliphatic heterocycles. The van der Waals surface area contributed by atoms with Crippen LogP contribution in [-0.2, 0) is 0 Å². The van der Waals surface area contributed by atoms with E-state index in [2.05, 4.69) is 5.32 Å². The van der Waals surface area contributed by atoms with E-state index in [1.165, 1.54) is 0 Å². The summed E-state index contributed by atoms with van der Waals surface area (Å²) in [4.78, 5) is 23.1. The molecule has 0 unspecified atom stereocenters. The fraction of sp³-hybridized carbons (Fsp3) is 0.429. The Morgan fingerprint density at radius 3 is 2.24 bits per heavy atom. The van der Waals surface area contributed by atoms with Crippen LogP contribution in [0.4, 0.5) is 8.78 Å². The SMILES string of the molecule is O=C(O)c1cc(F)c(F)cc1C(=O)N[C@@H]1CCCC[C@H]1O. The number of aromatic carboxylic acids is 1. The number of amides is 1. The van der Waals surface area contributed by atoms with E-state index in [4.69, 9.17) is 5.11 Å². The molecule has 0 saturated heterocycles. The average Bonchev–Trinajstić information content (AvgIpc) is 2.43. The zero-order chi connectivity index (χ0) is 15.6. The summed E-state index contributed by atoms with van der Waals surface area (Å²) in [6, 6.07) is 0.522. The monoisotopic (exact) mass is 299 g/mol. The van der Waals surface area contributed by atoms with Gasteiger partial charge in [0.1, 0.15) is 0 Å². The lowest BCUT2D eigenvalue weighted by atomic mass is 9.92. The van der Waals surface area contributed by atoms with E-state index in [0.29, 0.717) is 25.0 Å². The van der Waals surface area contributed by atoms with Crippen LogP contribution in [0.15, 0.2) is 12.1 Å². The topological polar surface area (TPSA) is 86.6 Å². The Morgan fingerprint density at radius 1 is 1.10 bits per heavy atom. The molecule has 2 atom stereocenters. The number of carboxylic acid groups (broad SMARTS) is 1. The summed E-state index contributed by atoms with van der Waals surface area (Å²) in [6.45, 7) is 0. The molecular weight excluding hydrogens is 284 g/mol. The Balaban J connectivity index is 2.26. The van der Waals surface area contributed by atoms with Gasteiger partial charge in [0.05, 0.1) is 23.3 Å². The minimum atomic E-state index is -1.52. The van der Waals surface area contributed by atoms with Gasteiger partial charge < -0.3 is 15.5 Å². The van der Waals surface area contributed by atoms with Crippen LogP contribution in [0.25, 0.3) is 0 Å². The fourth-order valence-corrected chi connectivity index (χ4v) is 2.44. The molecule has 1 aliphatic rings. The number of carbonyl (C=O) groups excluding carboxylic acids is 1. The van der Waals surface area contributed by atoms with Crippen molar-refractivity contribution < 1.29 is 28.6 Å². The largest absolute Gasteiger partial charge is 0.478 e. The van der Waals surface area contributed by atoms with E-state index in [0.717, 1.165) is 12.8 Å². The molecule has 2 rings (SSSR count). The van der Waals surface area contributed by atoms with Crippen molar-refractivity contribution in [2.24, 2.45) is 0 Å². The van der Waals surface area contributed by atoms with Crippen LogP contribution in [0, 0.1) is 11.6 Å². The first-order chi connectivity index (χ1) is 9.90. The predicted octanol–water partition coefficient (Wildman–Crippen LogP) is 1.70. The summed E-state index contributed by atoms with van der Waals surface area (Å²) in [5.41, 5.74) is -1.07. The lowest BCUT2D eigenvalue weighted by Crippen LogP contribution is -2.45. The van der Waals surface area contributed by atoms with Crippen molar-refractivity contribution in [2.45, 2.75) is 37.8 Å². The highest BCUT2D eigenvalue weighted by molar-refractivity contribution is 6.04. The van der Waals surface area contributed by atoms with Gasteiger partial charge in [-0.2, -0.15) is 0 Å². The highest BCUT2D eigenvalue weighted by atomic mass is 19.2. The molecular formula is C14H15F2NO4. The van der Waals surface area contributed by atoms with E-state index in [9.17, 15) is 23.5 Å². The Hall–Kier alpha value is -2.02. The first kappa shape index (κ1) is 15.4. The summed E-state index contributed by atoms with van der Waals surface area (Å²) in [5.74, 6) is -4.99. The summed E-state index contributed by atoms with van der Waals surface area (Å²) >= 11 is 0. The van der Waals surface area contributed by atoms with Gasteiger partial charge in [0.2, 0.25) is 0 Å². The van der Waals surface area contributed by atoms with Crippen molar-refractivity contribution in [1.82, 2.24) is 5.32 Å². The summed E-state index contributed by atoms with van der Waals surface area (Å²) in [5, 5.41) is 21.2. The number of hydrogen-bond acceptors (Lipinski definition) is 3. The third-order valence-corrected chi connectivity index (χ3v) is 3.58. The van der Waals surface area contributed by atoms with Gasteiger partial charge in [0.15, 0.2) is 11.6 Å². The van der Waals surface area contributed by atoms with Crippen LogP contribution in [-0.4, -0.2) is 34.2 Å². The summed E-state index contributed by atoms with van der Waals surface area (Å²) in [6.07, 6.45) is 2.04. The summed E-state index contributed by atoms with van der Waals surface area (Å²) in [7, 11) is 0. The Morgan fingerprint density at radius 2 is 1.67 bits per heavy atom. The molecule has 7 heteroatoms. The van der Waals surface area contributed by atoms with Crippen molar-refractivity contribution in [3.8, 4) is 0 Å². The third kappa shape index (κ3) is 3.36. The number of carbonyl (C=O) groups is 2. The maximum absolute atomic E-state index is 13.2. The van der Waals surface area contributed by atoms with Crippen LogP contribution in [0.1, 0.15) is 46.4 Å². The highest BCUT2D eigenvalue weighted by Crippen LogP contribution is 2.20. The van der Waals surface area contributed by atoms with E-state index in [1.54, 1.807) is 0 Å². The molecule has 0 heterocycles. The van der Waals surface area contributed by atoms with Gasteiger partial charge >= 0.3 is 5.97 Å². The highest BCUT2D eigenvalue weighted by Gasteiger charge is 2.27. The molecule has 1 aromatic rings. The zero-order valence-corrected chi connectivity index (χ0v) is 11.1. The minimum Gasteiger partial charge on any atom is -0.478 e. The number of nitrogens with one attached hydrogen (secondary N) is 1. The Labute approximate surface area is 119 Å². The van der Waals surface area contributed by atoms with Gasteiger partial charge in [-0.15, -0.1) is 0 Å². The quantitative estimate of drug-likeness (QED) is 0.793. The van der Waals surface area contributed by atoms with E-state index < -0.39 is 46.8 Å². The third-order valence-electron chi connectivity index (χ3n) is 3.58. The molecule has 1 aromatic carbocycles. The molecule has 1 fully saturated rings. The second-order valence-corrected chi connectivity index (χ2v) is 5.05. The molecule has 0 radical (unpaired) electrons. The number of aliphatic hydroxyl groups is 1. The molecule has 5 nitrogen and oxygen atoms in total. The number of benzene rings is 1. The first-order valence-corrected chi connectivity index (χ1v) is 6.61. The van der Waals surface area contributed by atoms with Gasteiger partial charge in [0, 0.05) is 0 Å². The molecule has 1 aliphatic carbocycles. The zero-order valence-electron chi connectivity index (χ0n) is 11.1. The Kier molecular flexibility index (Phi) is 4.52. The molecule has 114 valence electrons. The lowest BCUT2D eigenvalue weighted by Gasteiger charge is -2.28. The van der Waals surface area contributed by atoms with Crippen molar-refractivity contribution in [2.75, 3.05) is 0 Å². The number of aliphatic hydroxyl groups excluding tert-OH is 1. The predicted molar refractivity (Wildman–Crippen MR) is 69.0 cm³/mol. The second-order valence-electron chi connectivity index (χ2n) is 5.05. The molecule has 3 N–H and O–H groups in total. The van der Waals surface area contributed by atoms with Gasteiger partial charge in [-0.1, -0.05) is 12.8 Å². The summed E-state index contributed by atoms with van der Waals surface area (Å²) < 4.78 is 26.3. The maximum Gasteiger partial charge on any atom is 0.336 e. The van der Waals surface area contributed by atoms with Crippen molar-refractivity contribution in [3.05, 3.63) is 34.9 Å². The maximum atomic E-state index is 13.2. The van der Waals surface area contributed by atoms with Crippen LogP contribution in [0.5, 0.6) is 0 Å². The van der Waals surface area contributed by atoms with Crippen molar-refractivity contribution in [3.63, 3.8) is 0 Å². The lowest BCUT2D eigenvalue weighted by molar-refractivity contribution is 0.0674. The van der Waals surface area contributed by atoms with Crippen LogP contribution in [0.3, 0.4) is 0 Å². The van der Waals surface area contributed by atoms with Crippen LogP contribution < -0.4 is 5.32 Å². The molecule has 0 spiro atoms. The van der Waals surface area contributed by atoms with E-state index >= 15 is 0 Å². The number of hydrogen-bond donors (Lipinski definition) is 3. The average molecular weight is 299 g/mol. The Bertz CT molecular complexity index is 576. The minimum absolute atomic E-state index is 0.459. The number of carboxylic acids is 1. The molecule has 0 aromatic heterocycles. The van der Waals surface area contributed by atoms with E-state index in [-0.39, 0.29) is 0 Å². The number of rotatable bonds is 3. The number of halogens is 2. The first-order valence-electron chi connectivity index (χ1n) is 6.61. The van der Waals surface area contributed by atoms with E-state index in [1.807, 2.05) is 0 Å². The molecule has 21 heavy (non-hydrogen) atoms. The van der Waals surface area contributed by atoms with Gasteiger partial charge in [-0.05, 0) is 25.0 Å².